The molecule has 4 aromatic carbocycles. The first-order valence-electron chi connectivity index (χ1n) is 10.3. The predicted molar refractivity (Wildman–Crippen MR) is 127 cm³/mol. The van der Waals surface area contributed by atoms with E-state index in [-0.39, 0.29) is 6.42 Å². The van der Waals surface area contributed by atoms with E-state index in [0.29, 0.717) is 45.1 Å². The molecule has 5 nitrogen and oxygen atoms in total. The number of carboxylic acid groups (broad SMARTS) is 1. The summed E-state index contributed by atoms with van der Waals surface area (Å²) in [6, 6.07) is 27.1. The number of aryl methyl sites for hydroxylation is 1. The Hall–Kier alpha value is -3.96. The largest absolute Gasteiger partial charge is 0.481 e. The van der Waals surface area contributed by atoms with Crippen molar-refractivity contribution in [2.45, 2.75) is 13.3 Å². The van der Waals surface area contributed by atoms with Gasteiger partial charge in [-0.2, -0.15) is 0 Å². The Labute approximate surface area is 196 Å². The van der Waals surface area contributed by atoms with Gasteiger partial charge in [-0.15, -0.1) is 0 Å². The van der Waals surface area contributed by atoms with E-state index < -0.39 is 5.97 Å². The lowest BCUT2D eigenvalue weighted by Gasteiger charge is -2.14. The molecule has 0 atom stereocenters. The fraction of sp³-hybridized carbons (Fsp3) is 0.0741. The average molecular weight is 461 g/mol. The summed E-state index contributed by atoms with van der Waals surface area (Å²) in [5, 5.41) is 9.44. The first-order valence-corrected chi connectivity index (χ1v) is 10.6. The number of rotatable bonds is 8. The second-order valence-electron chi connectivity index (χ2n) is 7.41. The molecule has 0 saturated carbocycles. The Bertz CT molecular complexity index is 1250. The van der Waals surface area contributed by atoms with Crippen LogP contribution in [0.3, 0.4) is 0 Å². The van der Waals surface area contributed by atoms with Crippen molar-refractivity contribution in [2.24, 2.45) is 0 Å². The summed E-state index contributed by atoms with van der Waals surface area (Å²) in [5.74, 6) is 2.57. The second-order valence-corrected chi connectivity index (χ2v) is 7.84. The minimum atomic E-state index is -0.873. The molecule has 0 fully saturated rings. The molecule has 0 aromatic heterocycles. The van der Waals surface area contributed by atoms with Gasteiger partial charge < -0.3 is 19.3 Å². The highest BCUT2D eigenvalue weighted by molar-refractivity contribution is 6.30. The molecule has 0 unspecified atom stereocenters. The highest BCUT2D eigenvalue weighted by atomic mass is 35.5. The first-order chi connectivity index (χ1) is 15.9. The Balaban J connectivity index is 1.54. The topological polar surface area (TPSA) is 65.0 Å². The van der Waals surface area contributed by atoms with Gasteiger partial charge in [-0.3, -0.25) is 4.79 Å². The predicted octanol–water partition coefficient (Wildman–Crippen LogP) is 7.65. The number of aliphatic carboxylic acids is 1. The van der Waals surface area contributed by atoms with Gasteiger partial charge in [-0.1, -0.05) is 41.9 Å². The lowest BCUT2D eigenvalue weighted by atomic mass is 10.1. The standard InChI is InChI=1S/C27H21ClO5/c1-18-13-23(31-22-10-7-19(8-11-22)15-27(29)30)17-24(14-18)33-25-12-9-20(28)16-26(25)32-21-5-3-2-4-6-21/h2-14,16-17H,15H2,1H3,(H,29,30). The molecule has 0 aliphatic carbocycles. The van der Waals surface area contributed by atoms with E-state index in [0.717, 1.165) is 5.56 Å². The molecule has 0 bridgehead atoms. The first kappa shape index (κ1) is 22.2. The maximum atomic E-state index is 10.9. The van der Waals surface area contributed by atoms with E-state index in [1.165, 1.54) is 0 Å². The normalized spacial score (nSPS) is 10.5. The van der Waals surface area contributed by atoms with Gasteiger partial charge in [0.2, 0.25) is 0 Å². The molecule has 0 aliphatic rings. The van der Waals surface area contributed by atoms with Gasteiger partial charge in [0.15, 0.2) is 11.5 Å². The van der Waals surface area contributed by atoms with Crippen molar-refractivity contribution in [3.63, 3.8) is 0 Å². The van der Waals surface area contributed by atoms with Crippen LogP contribution in [-0.4, -0.2) is 11.1 Å². The lowest BCUT2D eigenvalue weighted by Crippen LogP contribution is -1.99. The van der Waals surface area contributed by atoms with Gasteiger partial charge in [0.25, 0.3) is 0 Å². The fourth-order valence-electron chi connectivity index (χ4n) is 3.21. The molecule has 4 aromatic rings. The average Bonchev–Trinajstić information content (AvgIpc) is 2.77. The van der Waals surface area contributed by atoms with Gasteiger partial charge in [0.1, 0.15) is 23.0 Å². The van der Waals surface area contributed by atoms with E-state index in [1.54, 1.807) is 48.5 Å². The van der Waals surface area contributed by atoms with Gasteiger partial charge >= 0.3 is 5.97 Å². The summed E-state index contributed by atoms with van der Waals surface area (Å²) in [6.45, 7) is 1.94. The summed E-state index contributed by atoms with van der Waals surface area (Å²) in [7, 11) is 0. The number of benzene rings is 4. The highest BCUT2D eigenvalue weighted by Gasteiger charge is 2.11. The van der Waals surface area contributed by atoms with Crippen LogP contribution in [0.5, 0.6) is 34.5 Å². The van der Waals surface area contributed by atoms with Crippen LogP contribution in [0.4, 0.5) is 0 Å². The molecule has 0 saturated heterocycles. The number of halogens is 1. The Morgan fingerprint density at radius 1 is 0.727 bits per heavy atom. The zero-order valence-electron chi connectivity index (χ0n) is 17.8. The molecule has 166 valence electrons. The Morgan fingerprint density at radius 3 is 2.06 bits per heavy atom. The van der Waals surface area contributed by atoms with Gasteiger partial charge in [-0.05, 0) is 66.6 Å². The highest BCUT2D eigenvalue weighted by Crippen LogP contribution is 2.38. The lowest BCUT2D eigenvalue weighted by molar-refractivity contribution is -0.136. The SMILES string of the molecule is Cc1cc(Oc2ccc(CC(=O)O)cc2)cc(Oc2ccc(Cl)cc2Oc2ccccc2)c1. The molecular formula is C27H21ClO5. The summed E-state index contributed by atoms with van der Waals surface area (Å²) in [4.78, 5) is 10.9. The monoisotopic (exact) mass is 460 g/mol. The molecule has 0 radical (unpaired) electrons. The Kier molecular flexibility index (Phi) is 6.81. The maximum absolute atomic E-state index is 10.9. The minimum absolute atomic E-state index is 0.0306. The molecule has 1 N–H and O–H groups in total. The number of hydrogen-bond donors (Lipinski definition) is 1. The van der Waals surface area contributed by atoms with E-state index in [2.05, 4.69) is 0 Å². The van der Waals surface area contributed by atoms with Crippen molar-refractivity contribution in [1.29, 1.82) is 0 Å². The van der Waals surface area contributed by atoms with E-state index in [4.69, 9.17) is 30.9 Å². The third-order valence-electron chi connectivity index (χ3n) is 4.64. The molecule has 6 heteroatoms. The zero-order valence-corrected chi connectivity index (χ0v) is 18.6. The summed E-state index contributed by atoms with van der Waals surface area (Å²) >= 11 is 6.18. The number of carbonyl (C=O) groups is 1. The van der Waals surface area contributed by atoms with Crippen molar-refractivity contribution in [3.8, 4) is 34.5 Å². The molecule has 33 heavy (non-hydrogen) atoms. The van der Waals surface area contributed by atoms with Crippen molar-refractivity contribution in [2.75, 3.05) is 0 Å². The molecule has 4 rings (SSSR count). The Morgan fingerprint density at radius 2 is 1.36 bits per heavy atom. The van der Waals surface area contributed by atoms with Crippen LogP contribution in [0.15, 0.2) is 91.0 Å². The summed E-state index contributed by atoms with van der Waals surface area (Å²) < 4.78 is 18.1. The van der Waals surface area contributed by atoms with Crippen LogP contribution in [0.2, 0.25) is 5.02 Å². The fourth-order valence-corrected chi connectivity index (χ4v) is 3.37. The minimum Gasteiger partial charge on any atom is -0.481 e. The number of para-hydroxylation sites is 1. The second kappa shape index (κ2) is 10.1. The van der Waals surface area contributed by atoms with Gasteiger partial charge in [0.05, 0.1) is 6.42 Å². The van der Waals surface area contributed by atoms with Crippen LogP contribution in [-0.2, 0) is 11.2 Å². The van der Waals surface area contributed by atoms with Crippen LogP contribution in [0.25, 0.3) is 0 Å². The summed E-state index contributed by atoms with van der Waals surface area (Å²) in [6.07, 6.45) is -0.0306. The summed E-state index contributed by atoms with van der Waals surface area (Å²) in [5.41, 5.74) is 1.65. The van der Waals surface area contributed by atoms with Crippen molar-refractivity contribution in [3.05, 3.63) is 107 Å². The van der Waals surface area contributed by atoms with E-state index in [1.807, 2.05) is 49.4 Å². The molecular weight excluding hydrogens is 440 g/mol. The number of hydrogen-bond acceptors (Lipinski definition) is 4. The molecule has 0 spiro atoms. The van der Waals surface area contributed by atoms with Crippen LogP contribution in [0.1, 0.15) is 11.1 Å². The number of carboxylic acids is 1. The van der Waals surface area contributed by atoms with Gasteiger partial charge in [-0.25, -0.2) is 0 Å². The van der Waals surface area contributed by atoms with E-state index >= 15 is 0 Å². The number of ether oxygens (including phenoxy) is 3. The van der Waals surface area contributed by atoms with Crippen molar-refractivity contribution >= 4 is 17.6 Å². The third-order valence-corrected chi connectivity index (χ3v) is 4.88. The zero-order chi connectivity index (χ0) is 23.2. The molecule has 0 amide bonds. The van der Waals surface area contributed by atoms with Gasteiger partial charge in [0, 0.05) is 17.2 Å². The smallest absolute Gasteiger partial charge is 0.307 e. The van der Waals surface area contributed by atoms with Crippen LogP contribution >= 0.6 is 11.6 Å². The van der Waals surface area contributed by atoms with Crippen LogP contribution < -0.4 is 14.2 Å². The van der Waals surface area contributed by atoms with Crippen molar-refractivity contribution < 1.29 is 24.1 Å². The van der Waals surface area contributed by atoms with E-state index in [9.17, 15) is 4.79 Å². The maximum Gasteiger partial charge on any atom is 0.307 e. The molecule has 0 heterocycles. The quantitative estimate of drug-likeness (QED) is 0.292. The molecule has 0 aliphatic heterocycles. The third kappa shape index (κ3) is 6.28. The van der Waals surface area contributed by atoms with Crippen molar-refractivity contribution in [1.82, 2.24) is 0 Å². The van der Waals surface area contributed by atoms with Crippen LogP contribution in [0, 0.1) is 6.92 Å².